The van der Waals surface area contributed by atoms with E-state index in [1.165, 1.54) is 11.1 Å². The van der Waals surface area contributed by atoms with Crippen molar-refractivity contribution in [2.24, 2.45) is 5.73 Å². The van der Waals surface area contributed by atoms with Crippen molar-refractivity contribution in [3.05, 3.63) is 58.0 Å². The van der Waals surface area contributed by atoms with Crippen LogP contribution in [0.3, 0.4) is 0 Å². The van der Waals surface area contributed by atoms with Crippen LogP contribution in [-0.4, -0.2) is 55.2 Å². The molecule has 11 heteroatoms. The standard InChI is InChI=1S/C15H21NO2.C9H7N3O5/c1-9-10-7-8-13(16)12(10)6-5-11(9)14(17)18-15(2,3)4;1-17-8(16)5-2-4(7(14)15)11-9-10-3-6(13)12(5)9/h5-6,13H,7-8,16H2,1-4H3;2-3,13H,1H3,(H,14,15)/t13-;/m0./s1. The second-order valence-electron chi connectivity index (χ2n) is 9.03. The number of aromatic hydroxyl groups is 1. The second-order valence-corrected chi connectivity index (χ2v) is 9.03. The Morgan fingerprint density at radius 2 is 1.89 bits per heavy atom. The molecule has 0 aliphatic heterocycles. The number of hydrogen-bond acceptors (Lipinski definition) is 9. The fourth-order valence-corrected chi connectivity index (χ4v) is 3.81. The molecule has 186 valence electrons. The summed E-state index contributed by atoms with van der Waals surface area (Å²) in [6.07, 6.45) is 2.98. The zero-order valence-electron chi connectivity index (χ0n) is 20.2. The molecule has 1 aromatic carbocycles. The van der Waals surface area contributed by atoms with Crippen molar-refractivity contribution >= 4 is 23.7 Å². The molecule has 0 fully saturated rings. The quantitative estimate of drug-likeness (QED) is 0.470. The van der Waals surface area contributed by atoms with Crippen molar-refractivity contribution in [3.8, 4) is 5.88 Å². The summed E-state index contributed by atoms with van der Waals surface area (Å²) in [5.41, 5.74) is 9.14. The molecule has 2 heterocycles. The lowest BCUT2D eigenvalue weighted by Gasteiger charge is -2.21. The minimum absolute atomic E-state index is 0.0946. The monoisotopic (exact) mass is 484 g/mol. The van der Waals surface area contributed by atoms with Gasteiger partial charge in [0.25, 0.3) is 0 Å². The number of methoxy groups -OCH3 is 1. The number of aromatic carboxylic acids is 1. The molecule has 0 saturated heterocycles. The van der Waals surface area contributed by atoms with Gasteiger partial charge in [0, 0.05) is 12.1 Å². The van der Waals surface area contributed by atoms with Gasteiger partial charge >= 0.3 is 17.9 Å². The Labute approximate surface area is 201 Å². The summed E-state index contributed by atoms with van der Waals surface area (Å²) >= 11 is 0. The number of carbonyl (C=O) groups excluding carboxylic acids is 2. The van der Waals surface area contributed by atoms with Gasteiger partial charge in [-0.25, -0.2) is 28.8 Å². The molecular weight excluding hydrogens is 456 g/mol. The van der Waals surface area contributed by atoms with Gasteiger partial charge in [-0.05, 0) is 63.3 Å². The summed E-state index contributed by atoms with van der Waals surface area (Å²) in [5.74, 6) is -2.77. The van der Waals surface area contributed by atoms with Gasteiger partial charge in [-0.3, -0.25) is 0 Å². The van der Waals surface area contributed by atoms with E-state index in [1.54, 1.807) is 0 Å². The molecule has 4 rings (SSSR count). The highest BCUT2D eigenvalue weighted by Crippen LogP contribution is 2.33. The van der Waals surface area contributed by atoms with Gasteiger partial charge in [0.1, 0.15) is 11.3 Å². The first kappa shape index (κ1) is 25.6. The number of carboxylic acids is 1. The highest BCUT2D eigenvalue weighted by Gasteiger charge is 2.26. The van der Waals surface area contributed by atoms with Crippen LogP contribution in [0.5, 0.6) is 5.88 Å². The van der Waals surface area contributed by atoms with Crippen molar-refractivity contribution < 1.29 is 34.1 Å². The minimum Gasteiger partial charge on any atom is -0.493 e. The van der Waals surface area contributed by atoms with Crippen LogP contribution in [0, 0.1) is 6.92 Å². The summed E-state index contributed by atoms with van der Waals surface area (Å²) in [6, 6.07) is 4.93. The largest absolute Gasteiger partial charge is 0.493 e. The van der Waals surface area contributed by atoms with Crippen LogP contribution in [0.1, 0.15) is 81.3 Å². The van der Waals surface area contributed by atoms with Gasteiger partial charge in [0.15, 0.2) is 5.69 Å². The fraction of sp³-hybridized carbons (Fsp3) is 0.375. The maximum absolute atomic E-state index is 12.1. The Hall–Kier alpha value is -3.99. The van der Waals surface area contributed by atoms with E-state index in [0.29, 0.717) is 5.56 Å². The van der Waals surface area contributed by atoms with Crippen LogP contribution < -0.4 is 5.73 Å². The third-order valence-corrected chi connectivity index (χ3v) is 5.43. The number of rotatable bonds is 3. The molecule has 0 radical (unpaired) electrons. The van der Waals surface area contributed by atoms with Gasteiger partial charge in [0.2, 0.25) is 11.7 Å². The Kier molecular flexibility index (Phi) is 7.11. The van der Waals surface area contributed by atoms with E-state index in [1.807, 2.05) is 39.8 Å². The number of nitrogens with zero attached hydrogens (tertiary/aromatic N) is 3. The topological polar surface area (TPSA) is 166 Å². The van der Waals surface area contributed by atoms with Crippen LogP contribution in [0.15, 0.2) is 24.4 Å². The van der Waals surface area contributed by atoms with Crippen molar-refractivity contribution in [1.29, 1.82) is 0 Å². The number of carboxylic acid groups (broad SMARTS) is 1. The predicted molar refractivity (Wildman–Crippen MR) is 125 cm³/mol. The third-order valence-electron chi connectivity index (χ3n) is 5.43. The number of ether oxygens (including phenoxy) is 2. The number of esters is 2. The number of fused-ring (bicyclic) bond motifs is 2. The Balaban J connectivity index is 0.000000196. The van der Waals surface area contributed by atoms with E-state index in [9.17, 15) is 19.5 Å². The SMILES string of the molecule is COC(=O)c1cc(C(=O)O)nc2ncc(O)n12.Cc1c(C(=O)OC(C)(C)C)ccc2c1CC[C@@H]2N. The van der Waals surface area contributed by atoms with E-state index in [2.05, 4.69) is 14.7 Å². The third kappa shape index (κ3) is 5.40. The fourth-order valence-electron chi connectivity index (χ4n) is 3.81. The first-order valence-electron chi connectivity index (χ1n) is 10.8. The summed E-state index contributed by atoms with van der Waals surface area (Å²) in [7, 11) is 1.14. The average Bonchev–Trinajstić information content (AvgIpc) is 3.35. The molecule has 4 N–H and O–H groups in total. The van der Waals surface area contributed by atoms with Gasteiger partial charge < -0.3 is 25.4 Å². The first-order valence-corrected chi connectivity index (χ1v) is 10.8. The Morgan fingerprint density at radius 3 is 2.49 bits per heavy atom. The highest BCUT2D eigenvalue weighted by molar-refractivity contribution is 5.93. The number of aromatic nitrogens is 3. The summed E-state index contributed by atoms with van der Waals surface area (Å²) in [5, 5.41) is 18.3. The van der Waals surface area contributed by atoms with Crippen molar-refractivity contribution in [1.82, 2.24) is 14.4 Å². The number of carbonyl (C=O) groups is 3. The van der Waals surface area contributed by atoms with Crippen LogP contribution in [-0.2, 0) is 15.9 Å². The molecule has 2 aromatic heterocycles. The zero-order chi connectivity index (χ0) is 26.1. The molecule has 11 nitrogen and oxygen atoms in total. The van der Waals surface area contributed by atoms with Gasteiger partial charge in [-0.1, -0.05) is 6.07 Å². The molecule has 1 aliphatic rings. The molecule has 0 unspecified atom stereocenters. The van der Waals surface area contributed by atoms with Crippen molar-refractivity contribution in [3.63, 3.8) is 0 Å². The average molecular weight is 485 g/mol. The molecule has 0 saturated carbocycles. The number of nitrogens with two attached hydrogens (primary N) is 1. The van der Waals surface area contributed by atoms with E-state index in [0.717, 1.165) is 42.2 Å². The highest BCUT2D eigenvalue weighted by atomic mass is 16.6. The smallest absolute Gasteiger partial charge is 0.355 e. The van der Waals surface area contributed by atoms with Crippen LogP contribution in [0.2, 0.25) is 0 Å². The number of imidazole rings is 1. The summed E-state index contributed by atoms with van der Waals surface area (Å²) in [6.45, 7) is 7.62. The minimum atomic E-state index is -1.31. The Bertz CT molecular complexity index is 1310. The lowest BCUT2D eigenvalue weighted by Crippen LogP contribution is -2.24. The molecule has 1 atom stereocenters. The van der Waals surface area contributed by atoms with Crippen molar-refractivity contribution in [2.75, 3.05) is 7.11 Å². The zero-order valence-corrected chi connectivity index (χ0v) is 20.2. The van der Waals surface area contributed by atoms with Crippen LogP contribution >= 0.6 is 0 Å². The van der Waals surface area contributed by atoms with E-state index < -0.39 is 17.5 Å². The summed E-state index contributed by atoms with van der Waals surface area (Å²) < 4.78 is 10.9. The van der Waals surface area contributed by atoms with Crippen LogP contribution in [0.4, 0.5) is 0 Å². The molecule has 3 aromatic rings. The second kappa shape index (κ2) is 9.71. The predicted octanol–water partition coefficient (Wildman–Crippen LogP) is 2.82. The van der Waals surface area contributed by atoms with E-state index >= 15 is 0 Å². The summed E-state index contributed by atoms with van der Waals surface area (Å²) in [4.78, 5) is 41.7. The van der Waals surface area contributed by atoms with Gasteiger partial charge in [-0.15, -0.1) is 0 Å². The molecule has 35 heavy (non-hydrogen) atoms. The normalized spacial score (nSPS) is 14.6. The molecule has 1 aliphatic carbocycles. The van der Waals surface area contributed by atoms with E-state index in [4.69, 9.17) is 15.6 Å². The molecule has 0 bridgehead atoms. The maximum Gasteiger partial charge on any atom is 0.355 e. The van der Waals surface area contributed by atoms with Crippen LogP contribution in [0.25, 0.3) is 5.78 Å². The first-order chi connectivity index (χ1) is 16.3. The molecule has 0 spiro atoms. The maximum atomic E-state index is 12.1. The lowest BCUT2D eigenvalue weighted by molar-refractivity contribution is 0.00681. The van der Waals surface area contributed by atoms with Crippen molar-refractivity contribution in [2.45, 2.75) is 52.2 Å². The number of benzene rings is 1. The molecular formula is C24H28N4O7. The van der Waals surface area contributed by atoms with E-state index in [-0.39, 0.29) is 35.1 Å². The van der Waals surface area contributed by atoms with Gasteiger partial charge in [-0.2, -0.15) is 0 Å². The van der Waals surface area contributed by atoms with Gasteiger partial charge in [0.05, 0.1) is 18.9 Å². The Morgan fingerprint density at radius 1 is 1.20 bits per heavy atom. The number of hydrogen-bond donors (Lipinski definition) is 3. The lowest BCUT2D eigenvalue weighted by atomic mass is 9.98. The molecule has 0 amide bonds.